The first-order valence-corrected chi connectivity index (χ1v) is 0. The smallest absolute Gasteiger partial charge is 0 e. The Morgan fingerprint density at radius 2 is 0.500 bits per heavy atom. The van der Waals surface area contributed by atoms with Crippen LogP contribution in [-0.2, 0) is 51.8 Å². The van der Waals surface area contributed by atoms with Crippen LogP contribution in [0.25, 0.3) is 0 Å². The molecule has 0 fully saturated rings. The largest absolute Gasteiger partial charge is 0.412 e. The maximum absolute atomic E-state index is 0. The molecule has 0 aromatic carbocycles. The summed E-state index contributed by atoms with van der Waals surface area (Å²) in [6.45, 7) is 0. The maximum atomic E-state index is 0. The average Bonchev–Trinajstić information content (AvgIpc) is 0. The molecule has 1 radical (unpaired) electrons. The van der Waals surface area contributed by atoms with Crippen LogP contribution in [0.15, 0.2) is 0 Å². The van der Waals surface area contributed by atoms with Crippen molar-refractivity contribution in [3.63, 3.8) is 0 Å². The fourth-order valence-electron chi connectivity index (χ4n) is 0. The van der Waals surface area contributed by atoms with Gasteiger partial charge < -0.3 is 16.4 Å². The van der Waals surface area contributed by atoms with Gasteiger partial charge >= 0.3 is 0 Å². The molecule has 0 heterocycles. The van der Waals surface area contributed by atoms with Crippen molar-refractivity contribution in [2.75, 3.05) is 0 Å². The molecular weight excluding hydrogens is 216 g/mol. The van der Waals surface area contributed by atoms with E-state index in [1.807, 2.05) is 0 Å². The van der Waals surface area contributed by atoms with Crippen molar-refractivity contribution < 1.29 is 68.2 Å². The SMILES string of the molecule is O.O.O.[Cr].[Cr].[Cu]. The molecule has 0 bridgehead atoms. The molecule has 0 aromatic heterocycles. The van der Waals surface area contributed by atoms with Gasteiger partial charge in [0.15, 0.2) is 0 Å². The third-order valence-corrected chi connectivity index (χ3v) is 0. The van der Waals surface area contributed by atoms with Gasteiger partial charge in [0, 0.05) is 51.8 Å². The Labute approximate surface area is 68.2 Å². The molecule has 0 atom stereocenters. The van der Waals surface area contributed by atoms with Gasteiger partial charge in [-0.3, -0.25) is 0 Å². The molecule has 6 heteroatoms. The summed E-state index contributed by atoms with van der Waals surface area (Å²) in [6.07, 6.45) is 0. The Morgan fingerprint density at radius 1 is 0.500 bits per heavy atom. The predicted octanol–water partition coefficient (Wildman–Crippen LogP) is -2.48. The zero-order chi connectivity index (χ0) is 0. The first-order valence-electron chi connectivity index (χ1n) is 0. The Balaban J connectivity index is 0. The molecule has 0 rings (SSSR count). The van der Waals surface area contributed by atoms with Crippen LogP contribution in [0.4, 0.5) is 0 Å². The second-order valence-electron chi connectivity index (χ2n) is 0. The van der Waals surface area contributed by atoms with E-state index in [4.69, 9.17) is 0 Å². The zero-order valence-corrected chi connectivity index (χ0v) is 6.11. The third-order valence-electron chi connectivity index (χ3n) is 0. The Morgan fingerprint density at radius 3 is 0.500 bits per heavy atom. The van der Waals surface area contributed by atoms with Gasteiger partial charge in [-0.2, -0.15) is 0 Å². The summed E-state index contributed by atoms with van der Waals surface area (Å²) in [4.78, 5) is 0. The summed E-state index contributed by atoms with van der Waals surface area (Å²) in [6, 6.07) is 0. The first kappa shape index (κ1) is 145. The van der Waals surface area contributed by atoms with Gasteiger partial charge in [0.2, 0.25) is 0 Å². The molecule has 0 aliphatic carbocycles. The van der Waals surface area contributed by atoms with Crippen LogP contribution in [-0.4, -0.2) is 16.4 Å². The van der Waals surface area contributed by atoms with Crippen LogP contribution in [0.2, 0.25) is 0 Å². The Hall–Kier alpha value is 1.46. The molecule has 0 unspecified atom stereocenters. The summed E-state index contributed by atoms with van der Waals surface area (Å²) in [5.74, 6) is 0. The molecule has 6 N–H and O–H groups in total. The molecule has 0 spiro atoms. The summed E-state index contributed by atoms with van der Waals surface area (Å²) in [5.41, 5.74) is 0. The minimum absolute atomic E-state index is 0. The van der Waals surface area contributed by atoms with Crippen molar-refractivity contribution in [2.45, 2.75) is 0 Å². The van der Waals surface area contributed by atoms with Crippen molar-refractivity contribution in [3.05, 3.63) is 0 Å². The summed E-state index contributed by atoms with van der Waals surface area (Å²) in [5, 5.41) is 0. The molecule has 0 aliphatic heterocycles. The number of hydrogen-bond donors (Lipinski definition) is 0. The quantitative estimate of drug-likeness (QED) is 0.405. The van der Waals surface area contributed by atoms with Crippen LogP contribution in [0.3, 0.4) is 0 Å². The third kappa shape index (κ3) is 50.8. The van der Waals surface area contributed by atoms with Crippen molar-refractivity contribution in [1.82, 2.24) is 0 Å². The second-order valence-corrected chi connectivity index (χ2v) is 0. The molecule has 0 saturated carbocycles. The van der Waals surface area contributed by atoms with Gasteiger partial charge in [-0.05, 0) is 0 Å². The minimum atomic E-state index is 0. The number of rotatable bonds is 0. The van der Waals surface area contributed by atoms with Crippen molar-refractivity contribution >= 4 is 0 Å². The van der Waals surface area contributed by atoms with Crippen LogP contribution in [0.1, 0.15) is 0 Å². The van der Waals surface area contributed by atoms with Gasteiger partial charge in [-0.15, -0.1) is 0 Å². The van der Waals surface area contributed by atoms with Crippen LogP contribution in [0.5, 0.6) is 0 Å². The first-order chi connectivity index (χ1) is 0. The molecular formula is H6Cr2CuO3. The summed E-state index contributed by atoms with van der Waals surface area (Å²) in [7, 11) is 0. The van der Waals surface area contributed by atoms with E-state index in [1.54, 1.807) is 0 Å². The molecule has 3 nitrogen and oxygen atoms in total. The van der Waals surface area contributed by atoms with E-state index in [2.05, 4.69) is 0 Å². The minimum Gasteiger partial charge on any atom is -0.412 e. The van der Waals surface area contributed by atoms with Crippen LogP contribution in [0, 0.1) is 0 Å². The molecule has 47 valence electrons. The fourth-order valence-corrected chi connectivity index (χ4v) is 0. The standard InChI is InChI=1S/2Cr.Cu.3H2O/h;;;3*1H2. The van der Waals surface area contributed by atoms with Crippen molar-refractivity contribution in [3.8, 4) is 0 Å². The van der Waals surface area contributed by atoms with Crippen LogP contribution >= 0.6 is 0 Å². The average molecular weight is 222 g/mol. The van der Waals surface area contributed by atoms with E-state index in [1.165, 1.54) is 0 Å². The topological polar surface area (TPSA) is 94.5 Å². The van der Waals surface area contributed by atoms with Crippen molar-refractivity contribution in [2.24, 2.45) is 0 Å². The van der Waals surface area contributed by atoms with Gasteiger partial charge in [0.25, 0.3) is 0 Å². The molecule has 0 amide bonds. The normalized spacial score (nSPS) is 0. The number of hydrogen-bond acceptors (Lipinski definition) is 0. The molecule has 0 aliphatic rings. The van der Waals surface area contributed by atoms with E-state index >= 15 is 0 Å². The van der Waals surface area contributed by atoms with Gasteiger partial charge in [-0.25, -0.2) is 0 Å². The van der Waals surface area contributed by atoms with E-state index in [0.717, 1.165) is 0 Å². The molecule has 0 aromatic rings. The van der Waals surface area contributed by atoms with E-state index in [9.17, 15) is 0 Å². The molecule has 6 heavy (non-hydrogen) atoms. The molecule has 0 saturated heterocycles. The van der Waals surface area contributed by atoms with Gasteiger partial charge in [0.05, 0.1) is 0 Å². The second kappa shape index (κ2) is 90.0. The maximum Gasteiger partial charge on any atom is 0 e. The Bertz CT molecular complexity index is 8.75. The van der Waals surface area contributed by atoms with Crippen LogP contribution < -0.4 is 0 Å². The van der Waals surface area contributed by atoms with Crippen molar-refractivity contribution in [1.29, 1.82) is 0 Å². The monoisotopic (exact) mass is 221 g/mol. The van der Waals surface area contributed by atoms with Gasteiger partial charge in [0.1, 0.15) is 0 Å². The summed E-state index contributed by atoms with van der Waals surface area (Å²) >= 11 is 0. The predicted molar refractivity (Wildman–Crippen MR) is 10.8 cm³/mol. The Kier molecular flexibility index (Phi) is 2180. The van der Waals surface area contributed by atoms with E-state index in [0.29, 0.717) is 0 Å². The van der Waals surface area contributed by atoms with E-state index < -0.39 is 0 Å². The van der Waals surface area contributed by atoms with Gasteiger partial charge in [-0.1, -0.05) is 0 Å². The zero-order valence-electron chi connectivity index (χ0n) is 2.62. The summed E-state index contributed by atoms with van der Waals surface area (Å²) < 4.78 is 0. The fraction of sp³-hybridized carbons (Fsp3) is 0. The van der Waals surface area contributed by atoms with E-state index in [-0.39, 0.29) is 68.2 Å².